The highest BCUT2D eigenvalue weighted by Gasteiger charge is 2.44. The van der Waals surface area contributed by atoms with Crippen LogP contribution in [-0.2, 0) is 16.6 Å². The van der Waals surface area contributed by atoms with Crippen molar-refractivity contribution in [3.8, 4) is 11.5 Å². The molecule has 10 heteroatoms. The first-order chi connectivity index (χ1) is 11.1. The Kier molecular flexibility index (Phi) is 3.76. The van der Waals surface area contributed by atoms with Crippen molar-refractivity contribution in [2.24, 2.45) is 0 Å². The Bertz CT molecular complexity index is 875. The molecule has 0 bridgehead atoms. The van der Waals surface area contributed by atoms with Gasteiger partial charge in [-0.1, -0.05) is 17.3 Å². The van der Waals surface area contributed by atoms with Crippen LogP contribution in [0, 0.1) is 13.8 Å². The molecule has 130 valence electrons. The van der Waals surface area contributed by atoms with Gasteiger partial charge in [0.25, 0.3) is 0 Å². The van der Waals surface area contributed by atoms with Crippen LogP contribution < -0.4 is 9.47 Å². The van der Waals surface area contributed by atoms with Crippen LogP contribution in [0.15, 0.2) is 27.6 Å². The van der Waals surface area contributed by atoms with E-state index in [9.17, 15) is 17.2 Å². The van der Waals surface area contributed by atoms with Crippen molar-refractivity contribution in [1.29, 1.82) is 0 Å². The van der Waals surface area contributed by atoms with Crippen LogP contribution in [0.25, 0.3) is 0 Å². The number of sulfonamides is 1. The second-order valence-electron chi connectivity index (χ2n) is 5.33. The molecule has 1 aromatic heterocycles. The Morgan fingerprint density at radius 2 is 1.96 bits per heavy atom. The van der Waals surface area contributed by atoms with Crippen LogP contribution in [0.1, 0.15) is 17.0 Å². The van der Waals surface area contributed by atoms with Gasteiger partial charge in [-0.2, -0.15) is 4.31 Å². The lowest BCUT2D eigenvalue weighted by molar-refractivity contribution is -0.287. The van der Waals surface area contributed by atoms with Crippen molar-refractivity contribution >= 4 is 10.0 Å². The summed E-state index contributed by atoms with van der Waals surface area (Å²) in [4.78, 5) is -0.0416. The molecular formula is C14H14F2N2O5S. The molecule has 0 atom stereocenters. The summed E-state index contributed by atoms with van der Waals surface area (Å²) in [5.41, 5.74) is 0.478. The van der Waals surface area contributed by atoms with Crippen molar-refractivity contribution < 1.29 is 31.2 Å². The zero-order valence-electron chi connectivity index (χ0n) is 13.0. The van der Waals surface area contributed by atoms with Gasteiger partial charge in [-0.3, -0.25) is 0 Å². The van der Waals surface area contributed by atoms with Gasteiger partial charge < -0.3 is 14.0 Å². The fourth-order valence-corrected chi connectivity index (χ4v) is 3.91. The zero-order valence-corrected chi connectivity index (χ0v) is 13.9. The number of rotatable bonds is 4. The quantitative estimate of drug-likeness (QED) is 0.833. The normalized spacial score (nSPS) is 15.9. The molecule has 1 aliphatic heterocycles. The highest BCUT2D eigenvalue weighted by molar-refractivity contribution is 7.89. The second kappa shape index (κ2) is 5.42. The topological polar surface area (TPSA) is 81.9 Å². The largest absolute Gasteiger partial charge is 0.586 e. The number of para-hydroxylation sites is 1. The van der Waals surface area contributed by atoms with Gasteiger partial charge in [-0.15, -0.1) is 8.78 Å². The molecule has 0 spiro atoms. The maximum Gasteiger partial charge on any atom is 0.586 e. The lowest BCUT2D eigenvalue weighted by Gasteiger charge is -2.17. The Labute approximate surface area is 136 Å². The van der Waals surface area contributed by atoms with Gasteiger partial charge in [0.1, 0.15) is 10.6 Å². The predicted molar refractivity (Wildman–Crippen MR) is 77.3 cm³/mol. The lowest BCUT2D eigenvalue weighted by atomic mass is 10.2. The number of hydrogen-bond donors (Lipinski definition) is 0. The molecule has 0 amide bonds. The van der Waals surface area contributed by atoms with Gasteiger partial charge in [0.2, 0.25) is 10.0 Å². The number of benzene rings is 1. The molecule has 0 saturated heterocycles. The molecule has 1 aromatic carbocycles. The number of fused-ring (bicyclic) bond motifs is 1. The lowest BCUT2D eigenvalue weighted by Crippen LogP contribution is -2.28. The predicted octanol–water partition coefficient (Wildman–Crippen LogP) is 2.43. The molecule has 3 rings (SSSR count). The van der Waals surface area contributed by atoms with E-state index in [1.807, 2.05) is 0 Å². The number of ether oxygens (including phenoxy) is 2. The first kappa shape index (κ1) is 16.7. The molecule has 2 heterocycles. The Hall–Kier alpha value is -2.20. The van der Waals surface area contributed by atoms with Crippen molar-refractivity contribution in [2.45, 2.75) is 31.6 Å². The van der Waals surface area contributed by atoms with E-state index >= 15 is 0 Å². The Balaban J connectivity index is 1.92. The third-order valence-electron chi connectivity index (χ3n) is 3.54. The highest BCUT2D eigenvalue weighted by Crippen LogP contribution is 2.43. The highest BCUT2D eigenvalue weighted by atomic mass is 32.2. The van der Waals surface area contributed by atoms with Crippen molar-refractivity contribution in [1.82, 2.24) is 9.46 Å². The average molecular weight is 360 g/mol. The molecular weight excluding hydrogens is 346 g/mol. The summed E-state index contributed by atoms with van der Waals surface area (Å²) in [7, 11) is -2.58. The van der Waals surface area contributed by atoms with Crippen LogP contribution >= 0.6 is 0 Å². The maximum absolute atomic E-state index is 13.2. The van der Waals surface area contributed by atoms with Crippen LogP contribution in [0.5, 0.6) is 11.5 Å². The van der Waals surface area contributed by atoms with E-state index in [2.05, 4.69) is 14.6 Å². The Morgan fingerprint density at radius 3 is 2.58 bits per heavy atom. The van der Waals surface area contributed by atoms with Crippen molar-refractivity contribution in [3.63, 3.8) is 0 Å². The smallest absolute Gasteiger partial charge is 0.395 e. The fraction of sp³-hybridized carbons (Fsp3) is 0.357. The molecule has 0 fully saturated rings. The minimum absolute atomic E-state index is 0.0416. The summed E-state index contributed by atoms with van der Waals surface area (Å²) in [6.07, 6.45) is -3.77. The molecule has 2 aromatic rings. The van der Waals surface area contributed by atoms with Crippen molar-refractivity contribution in [3.05, 3.63) is 35.2 Å². The van der Waals surface area contributed by atoms with Gasteiger partial charge in [-0.25, -0.2) is 8.42 Å². The number of aromatic nitrogens is 1. The summed E-state index contributed by atoms with van der Waals surface area (Å²) in [5, 5.41) is 3.62. The van der Waals surface area contributed by atoms with Gasteiger partial charge >= 0.3 is 6.29 Å². The Morgan fingerprint density at radius 1 is 1.25 bits per heavy atom. The van der Waals surface area contributed by atoms with Gasteiger partial charge in [0.05, 0.1) is 0 Å². The summed E-state index contributed by atoms with van der Waals surface area (Å²) in [6.45, 7) is 2.81. The van der Waals surface area contributed by atoms with E-state index in [0.717, 1.165) is 4.31 Å². The molecule has 24 heavy (non-hydrogen) atoms. The van der Waals surface area contributed by atoms with Gasteiger partial charge in [0.15, 0.2) is 17.3 Å². The number of nitrogens with zero attached hydrogens (tertiary/aromatic N) is 2. The summed E-state index contributed by atoms with van der Waals surface area (Å²) < 4.78 is 66.5. The third-order valence-corrected chi connectivity index (χ3v) is 5.59. The van der Waals surface area contributed by atoms with E-state index in [-0.39, 0.29) is 40.0 Å². The maximum atomic E-state index is 13.2. The van der Waals surface area contributed by atoms with E-state index < -0.39 is 16.3 Å². The number of hydrogen-bond acceptors (Lipinski definition) is 6. The minimum atomic E-state index is -3.91. The van der Waals surface area contributed by atoms with Crippen LogP contribution in [0.4, 0.5) is 8.78 Å². The summed E-state index contributed by atoms with van der Waals surface area (Å²) in [5.74, 6) is -0.160. The van der Waals surface area contributed by atoms with E-state index in [0.29, 0.717) is 0 Å². The molecule has 0 aliphatic carbocycles. The van der Waals surface area contributed by atoms with Gasteiger partial charge in [0, 0.05) is 19.2 Å². The van der Waals surface area contributed by atoms with Crippen LogP contribution in [-0.4, -0.2) is 31.2 Å². The zero-order chi connectivity index (χ0) is 17.7. The monoisotopic (exact) mass is 360 g/mol. The number of aryl methyl sites for hydroxylation is 2. The van der Waals surface area contributed by atoms with Gasteiger partial charge in [-0.05, 0) is 19.9 Å². The van der Waals surface area contributed by atoms with Crippen LogP contribution in [0.2, 0.25) is 0 Å². The standard InChI is InChI=1S/C14H14F2N2O5S/c1-8-13(9(2)23-17-8)24(19,20)18(3)7-10-5-4-6-11-12(10)22-14(15,16)21-11/h4-6H,7H2,1-3H3. The van der Waals surface area contributed by atoms with E-state index in [4.69, 9.17) is 4.52 Å². The summed E-state index contributed by atoms with van der Waals surface area (Å²) >= 11 is 0. The second-order valence-corrected chi connectivity index (χ2v) is 7.31. The molecule has 0 saturated carbocycles. The first-order valence-corrected chi connectivity index (χ1v) is 8.33. The molecule has 7 nitrogen and oxygen atoms in total. The van der Waals surface area contributed by atoms with E-state index in [1.54, 1.807) is 0 Å². The fourth-order valence-electron chi connectivity index (χ4n) is 2.47. The molecule has 1 aliphatic rings. The van der Waals surface area contributed by atoms with Crippen LogP contribution in [0.3, 0.4) is 0 Å². The third kappa shape index (κ3) is 2.71. The average Bonchev–Trinajstić information content (AvgIpc) is 2.97. The SMILES string of the molecule is Cc1noc(C)c1S(=O)(=O)N(C)Cc1cccc2c1OC(F)(F)O2. The molecule has 0 radical (unpaired) electrons. The first-order valence-electron chi connectivity index (χ1n) is 6.89. The molecule has 0 N–H and O–H groups in total. The number of halogens is 2. The summed E-state index contributed by atoms with van der Waals surface area (Å²) in [6, 6.07) is 4.29. The minimum Gasteiger partial charge on any atom is -0.395 e. The van der Waals surface area contributed by atoms with E-state index in [1.165, 1.54) is 39.1 Å². The molecule has 0 unspecified atom stereocenters. The number of alkyl halides is 2. The van der Waals surface area contributed by atoms with Crippen molar-refractivity contribution in [2.75, 3.05) is 7.05 Å².